The molecule has 19 heavy (non-hydrogen) atoms. The highest BCUT2D eigenvalue weighted by molar-refractivity contribution is 6.09. The van der Waals surface area contributed by atoms with Gasteiger partial charge in [0.25, 0.3) is 0 Å². The first-order valence-electron chi connectivity index (χ1n) is 6.40. The van der Waals surface area contributed by atoms with Gasteiger partial charge >= 0.3 is 0 Å². The summed E-state index contributed by atoms with van der Waals surface area (Å²) in [5.41, 5.74) is 3.06. The molecular formula is C17H17FO. The number of hydrogen-bond donors (Lipinski definition) is 0. The molecule has 0 aliphatic carbocycles. The van der Waals surface area contributed by atoms with E-state index in [2.05, 4.69) is 13.8 Å². The van der Waals surface area contributed by atoms with Crippen LogP contribution in [0.4, 0.5) is 4.39 Å². The van der Waals surface area contributed by atoms with Gasteiger partial charge in [0, 0.05) is 11.1 Å². The Morgan fingerprint density at radius 3 is 2.21 bits per heavy atom. The predicted octanol–water partition coefficient (Wildman–Crippen LogP) is 4.49. The van der Waals surface area contributed by atoms with Gasteiger partial charge in [-0.15, -0.1) is 0 Å². The molecule has 0 atom stereocenters. The number of ketones is 1. The Balaban J connectivity index is 2.33. The number of aryl methyl sites for hydroxylation is 1. The highest BCUT2D eigenvalue weighted by Gasteiger charge is 2.12. The van der Waals surface area contributed by atoms with Gasteiger partial charge < -0.3 is 0 Å². The molecule has 2 heteroatoms. The van der Waals surface area contributed by atoms with Crippen molar-refractivity contribution >= 4 is 5.78 Å². The minimum Gasteiger partial charge on any atom is -0.289 e. The van der Waals surface area contributed by atoms with E-state index in [1.54, 1.807) is 13.0 Å². The van der Waals surface area contributed by atoms with Crippen LogP contribution in [0.25, 0.3) is 0 Å². The van der Waals surface area contributed by atoms with Crippen molar-refractivity contribution in [3.05, 3.63) is 70.5 Å². The summed E-state index contributed by atoms with van der Waals surface area (Å²) in [6.45, 7) is 5.97. The molecule has 0 saturated heterocycles. The fourth-order valence-corrected chi connectivity index (χ4v) is 2.06. The van der Waals surface area contributed by atoms with Gasteiger partial charge in [0.15, 0.2) is 5.78 Å². The lowest BCUT2D eigenvalue weighted by atomic mass is 9.96. The predicted molar refractivity (Wildman–Crippen MR) is 75.1 cm³/mol. The highest BCUT2D eigenvalue weighted by Crippen LogP contribution is 2.18. The van der Waals surface area contributed by atoms with E-state index in [0.29, 0.717) is 22.6 Å². The molecular weight excluding hydrogens is 239 g/mol. The molecule has 98 valence electrons. The quantitative estimate of drug-likeness (QED) is 0.739. The van der Waals surface area contributed by atoms with Gasteiger partial charge in [-0.05, 0) is 42.2 Å². The average Bonchev–Trinajstić information content (AvgIpc) is 2.38. The fraction of sp³-hybridized carbons (Fsp3) is 0.235. The molecule has 0 heterocycles. The molecule has 2 aromatic rings. The second-order valence-electron chi connectivity index (χ2n) is 5.07. The van der Waals surface area contributed by atoms with E-state index in [0.717, 1.165) is 0 Å². The van der Waals surface area contributed by atoms with Crippen LogP contribution in [-0.2, 0) is 0 Å². The van der Waals surface area contributed by atoms with Crippen molar-refractivity contribution in [3.8, 4) is 0 Å². The standard InChI is InChI=1S/C17H17FO/c1-11(2)13-4-6-14(7-5-13)17(19)16-9-8-15(18)10-12(16)3/h4-11H,1-3H3. The van der Waals surface area contributed by atoms with E-state index < -0.39 is 0 Å². The number of rotatable bonds is 3. The third-order valence-electron chi connectivity index (χ3n) is 3.27. The van der Waals surface area contributed by atoms with Crippen molar-refractivity contribution in [2.24, 2.45) is 0 Å². The molecule has 0 aliphatic heterocycles. The molecule has 0 aliphatic rings. The Bertz CT molecular complexity index is 597. The molecule has 0 spiro atoms. The van der Waals surface area contributed by atoms with Crippen LogP contribution < -0.4 is 0 Å². The lowest BCUT2D eigenvalue weighted by molar-refractivity contribution is 0.103. The van der Waals surface area contributed by atoms with Crippen molar-refractivity contribution in [3.63, 3.8) is 0 Å². The molecule has 2 rings (SSSR count). The van der Waals surface area contributed by atoms with Crippen LogP contribution in [0.1, 0.15) is 46.8 Å². The molecule has 0 bridgehead atoms. The zero-order valence-electron chi connectivity index (χ0n) is 11.4. The van der Waals surface area contributed by atoms with Gasteiger partial charge in [0.1, 0.15) is 5.82 Å². The molecule has 0 radical (unpaired) electrons. The summed E-state index contributed by atoms with van der Waals surface area (Å²) >= 11 is 0. The van der Waals surface area contributed by atoms with Crippen LogP contribution in [0.15, 0.2) is 42.5 Å². The van der Waals surface area contributed by atoms with E-state index in [9.17, 15) is 9.18 Å². The summed E-state index contributed by atoms with van der Waals surface area (Å²) in [6.07, 6.45) is 0. The van der Waals surface area contributed by atoms with Crippen molar-refractivity contribution < 1.29 is 9.18 Å². The zero-order chi connectivity index (χ0) is 14.0. The number of carbonyl (C=O) groups is 1. The first-order valence-corrected chi connectivity index (χ1v) is 6.40. The normalized spacial score (nSPS) is 10.8. The number of carbonyl (C=O) groups excluding carboxylic acids is 1. The van der Waals surface area contributed by atoms with Gasteiger partial charge in [0.05, 0.1) is 0 Å². The second-order valence-corrected chi connectivity index (χ2v) is 5.07. The Morgan fingerprint density at radius 2 is 1.68 bits per heavy atom. The third kappa shape index (κ3) is 2.90. The van der Waals surface area contributed by atoms with Gasteiger partial charge in [-0.2, -0.15) is 0 Å². The van der Waals surface area contributed by atoms with E-state index in [-0.39, 0.29) is 11.6 Å². The van der Waals surface area contributed by atoms with Gasteiger partial charge in [-0.25, -0.2) is 4.39 Å². The maximum absolute atomic E-state index is 13.0. The van der Waals surface area contributed by atoms with Crippen molar-refractivity contribution in [2.45, 2.75) is 26.7 Å². The summed E-state index contributed by atoms with van der Waals surface area (Å²) in [5.74, 6) is 0.0636. The van der Waals surface area contributed by atoms with Crippen LogP contribution in [0.5, 0.6) is 0 Å². The van der Waals surface area contributed by atoms with E-state index in [1.807, 2.05) is 24.3 Å². The van der Waals surface area contributed by atoms with Crippen LogP contribution in [0.2, 0.25) is 0 Å². The summed E-state index contributed by atoms with van der Waals surface area (Å²) in [7, 11) is 0. The van der Waals surface area contributed by atoms with Crippen LogP contribution in [0, 0.1) is 12.7 Å². The Labute approximate surface area is 113 Å². The summed E-state index contributed by atoms with van der Waals surface area (Å²) in [4.78, 5) is 12.3. The minimum atomic E-state index is -0.316. The largest absolute Gasteiger partial charge is 0.289 e. The molecule has 0 N–H and O–H groups in total. The van der Waals surface area contributed by atoms with Gasteiger partial charge in [-0.1, -0.05) is 38.1 Å². The van der Waals surface area contributed by atoms with Crippen LogP contribution in [-0.4, -0.2) is 5.78 Å². The Hall–Kier alpha value is -1.96. The highest BCUT2D eigenvalue weighted by atomic mass is 19.1. The molecule has 0 aromatic heterocycles. The van der Waals surface area contributed by atoms with E-state index in [4.69, 9.17) is 0 Å². The molecule has 0 fully saturated rings. The molecule has 0 amide bonds. The third-order valence-corrected chi connectivity index (χ3v) is 3.27. The zero-order valence-corrected chi connectivity index (χ0v) is 11.4. The topological polar surface area (TPSA) is 17.1 Å². The second kappa shape index (κ2) is 5.35. The number of hydrogen-bond acceptors (Lipinski definition) is 1. The lowest BCUT2D eigenvalue weighted by Gasteiger charge is -2.08. The van der Waals surface area contributed by atoms with Crippen molar-refractivity contribution in [1.82, 2.24) is 0 Å². The first-order chi connectivity index (χ1) is 8.99. The molecule has 0 unspecified atom stereocenters. The van der Waals surface area contributed by atoms with Crippen LogP contribution >= 0.6 is 0 Å². The summed E-state index contributed by atoms with van der Waals surface area (Å²) in [5, 5.41) is 0. The molecule has 0 saturated carbocycles. The number of benzene rings is 2. The summed E-state index contributed by atoms with van der Waals surface area (Å²) in [6, 6.07) is 11.9. The number of halogens is 1. The molecule has 1 nitrogen and oxygen atoms in total. The Kier molecular flexibility index (Phi) is 3.79. The van der Waals surface area contributed by atoms with E-state index in [1.165, 1.54) is 17.7 Å². The van der Waals surface area contributed by atoms with Crippen molar-refractivity contribution in [1.29, 1.82) is 0 Å². The maximum atomic E-state index is 13.0. The van der Waals surface area contributed by atoms with Gasteiger partial charge in [-0.3, -0.25) is 4.79 Å². The monoisotopic (exact) mass is 256 g/mol. The average molecular weight is 256 g/mol. The minimum absolute atomic E-state index is 0.0622. The SMILES string of the molecule is Cc1cc(F)ccc1C(=O)c1ccc(C(C)C)cc1. The summed E-state index contributed by atoms with van der Waals surface area (Å²) < 4.78 is 13.0. The van der Waals surface area contributed by atoms with E-state index >= 15 is 0 Å². The smallest absolute Gasteiger partial charge is 0.193 e. The van der Waals surface area contributed by atoms with Crippen LogP contribution in [0.3, 0.4) is 0 Å². The first kappa shape index (κ1) is 13.5. The van der Waals surface area contributed by atoms with Gasteiger partial charge in [0.2, 0.25) is 0 Å². The Morgan fingerprint density at radius 1 is 1.05 bits per heavy atom. The lowest BCUT2D eigenvalue weighted by Crippen LogP contribution is -2.04. The maximum Gasteiger partial charge on any atom is 0.193 e. The molecule has 2 aromatic carbocycles. The van der Waals surface area contributed by atoms with Crippen molar-refractivity contribution in [2.75, 3.05) is 0 Å². The fourth-order valence-electron chi connectivity index (χ4n) is 2.06.